The molecular formula is C13H16F3NO. The highest BCUT2D eigenvalue weighted by molar-refractivity contribution is 5.78. The second-order valence-electron chi connectivity index (χ2n) is 4.50. The van der Waals surface area contributed by atoms with E-state index in [2.05, 4.69) is 5.32 Å². The van der Waals surface area contributed by atoms with Crippen molar-refractivity contribution < 1.29 is 18.0 Å². The van der Waals surface area contributed by atoms with Gasteiger partial charge in [0.15, 0.2) is 0 Å². The maximum absolute atomic E-state index is 12.4. The Hall–Kier alpha value is -1.52. The fourth-order valence-corrected chi connectivity index (χ4v) is 1.42. The molecular weight excluding hydrogens is 243 g/mol. The van der Waals surface area contributed by atoms with Gasteiger partial charge in [-0.2, -0.15) is 13.2 Å². The van der Waals surface area contributed by atoms with Gasteiger partial charge in [-0.15, -0.1) is 0 Å². The number of alkyl halides is 3. The van der Waals surface area contributed by atoms with Gasteiger partial charge in [-0.3, -0.25) is 4.79 Å². The topological polar surface area (TPSA) is 29.1 Å². The lowest BCUT2D eigenvalue weighted by Gasteiger charge is -2.16. The number of halogens is 3. The van der Waals surface area contributed by atoms with E-state index in [9.17, 15) is 18.0 Å². The van der Waals surface area contributed by atoms with Gasteiger partial charge in [0, 0.05) is 5.92 Å². The first-order chi connectivity index (χ1) is 8.21. The summed E-state index contributed by atoms with van der Waals surface area (Å²) in [6, 6.07) is 4.50. The third-order valence-electron chi connectivity index (χ3n) is 2.62. The highest BCUT2D eigenvalue weighted by Crippen LogP contribution is 2.29. The Morgan fingerprint density at radius 3 is 2.00 bits per heavy atom. The fraction of sp³-hybridized carbons (Fsp3) is 0.462. The summed E-state index contributed by atoms with van der Waals surface area (Å²) in [5.74, 6) is -0.274. The van der Waals surface area contributed by atoms with E-state index in [-0.39, 0.29) is 17.9 Å². The van der Waals surface area contributed by atoms with Gasteiger partial charge in [0.2, 0.25) is 5.91 Å². The maximum Gasteiger partial charge on any atom is 0.416 e. The predicted molar refractivity (Wildman–Crippen MR) is 62.8 cm³/mol. The van der Waals surface area contributed by atoms with Crippen LogP contribution >= 0.6 is 0 Å². The van der Waals surface area contributed by atoms with Gasteiger partial charge in [-0.25, -0.2) is 0 Å². The second kappa shape index (κ2) is 5.42. The van der Waals surface area contributed by atoms with E-state index in [4.69, 9.17) is 0 Å². The van der Waals surface area contributed by atoms with E-state index in [1.54, 1.807) is 20.8 Å². The van der Waals surface area contributed by atoms with Crippen molar-refractivity contribution in [3.8, 4) is 0 Å². The van der Waals surface area contributed by atoms with Crippen LogP contribution in [0.5, 0.6) is 0 Å². The lowest BCUT2D eigenvalue weighted by atomic mass is 10.0. The normalized spacial score (nSPS) is 13.5. The Morgan fingerprint density at radius 1 is 1.11 bits per heavy atom. The lowest BCUT2D eigenvalue weighted by Crippen LogP contribution is -2.30. The number of carbonyl (C=O) groups is 1. The predicted octanol–water partition coefficient (Wildman–Crippen LogP) is 3.54. The molecule has 100 valence electrons. The second-order valence-corrected chi connectivity index (χ2v) is 4.50. The molecule has 0 aromatic heterocycles. The molecule has 18 heavy (non-hydrogen) atoms. The first kappa shape index (κ1) is 14.5. The lowest BCUT2D eigenvalue weighted by molar-refractivity contribution is -0.137. The molecule has 1 N–H and O–H groups in total. The molecule has 0 aliphatic rings. The average Bonchev–Trinajstić information content (AvgIpc) is 2.27. The van der Waals surface area contributed by atoms with Crippen molar-refractivity contribution in [3.63, 3.8) is 0 Å². The van der Waals surface area contributed by atoms with Crippen LogP contribution in [0.1, 0.15) is 37.9 Å². The van der Waals surface area contributed by atoms with Crippen molar-refractivity contribution >= 4 is 5.91 Å². The molecule has 0 saturated heterocycles. The quantitative estimate of drug-likeness (QED) is 0.883. The molecule has 0 spiro atoms. The summed E-state index contributed by atoms with van der Waals surface area (Å²) in [5.41, 5.74) is -0.0364. The smallest absolute Gasteiger partial charge is 0.349 e. The van der Waals surface area contributed by atoms with Gasteiger partial charge in [-0.05, 0) is 24.6 Å². The Labute approximate surface area is 104 Å². The molecule has 0 heterocycles. The van der Waals surface area contributed by atoms with Gasteiger partial charge >= 0.3 is 6.18 Å². The minimum atomic E-state index is -4.33. The maximum atomic E-state index is 12.4. The van der Waals surface area contributed by atoms with E-state index in [0.29, 0.717) is 5.56 Å². The molecule has 1 rings (SSSR count). The number of hydrogen-bond acceptors (Lipinski definition) is 1. The Balaban J connectivity index is 2.76. The molecule has 1 aromatic rings. The van der Waals surface area contributed by atoms with Crippen LogP contribution in [0.2, 0.25) is 0 Å². The summed E-state index contributed by atoms with van der Waals surface area (Å²) in [5, 5.41) is 2.73. The van der Waals surface area contributed by atoms with Crippen LogP contribution < -0.4 is 5.32 Å². The van der Waals surface area contributed by atoms with Crippen molar-refractivity contribution in [3.05, 3.63) is 35.4 Å². The van der Waals surface area contributed by atoms with Gasteiger partial charge in [0.25, 0.3) is 0 Å². The van der Waals surface area contributed by atoms with Crippen molar-refractivity contribution in [2.75, 3.05) is 0 Å². The van der Waals surface area contributed by atoms with Gasteiger partial charge < -0.3 is 5.32 Å². The molecule has 2 nitrogen and oxygen atoms in total. The molecule has 1 atom stereocenters. The molecule has 0 aliphatic heterocycles. The van der Waals surface area contributed by atoms with Crippen molar-refractivity contribution in [2.24, 2.45) is 5.92 Å². The molecule has 0 fully saturated rings. The van der Waals surface area contributed by atoms with Crippen molar-refractivity contribution in [2.45, 2.75) is 33.0 Å². The number of carbonyl (C=O) groups excluding carboxylic acids is 1. The zero-order chi connectivity index (χ0) is 13.9. The first-order valence-electron chi connectivity index (χ1n) is 5.69. The number of rotatable bonds is 3. The summed E-state index contributed by atoms with van der Waals surface area (Å²) in [4.78, 5) is 11.5. The number of nitrogens with one attached hydrogen (secondary N) is 1. The Morgan fingerprint density at radius 2 is 1.61 bits per heavy atom. The third kappa shape index (κ3) is 3.75. The third-order valence-corrected chi connectivity index (χ3v) is 2.62. The molecule has 5 heteroatoms. The summed E-state index contributed by atoms with van der Waals surface area (Å²) in [6.07, 6.45) is -4.33. The van der Waals surface area contributed by atoms with Crippen LogP contribution in [-0.4, -0.2) is 5.91 Å². The van der Waals surface area contributed by atoms with E-state index in [0.717, 1.165) is 12.1 Å². The molecule has 0 aliphatic carbocycles. The summed E-state index contributed by atoms with van der Waals surface area (Å²) < 4.78 is 37.1. The molecule has 0 saturated carbocycles. The highest BCUT2D eigenvalue weighted by Gasteiger charge is 2.30. The summed E-state index contributed by atoms with van der Waals surface area (Å²) >= 11 is 0. The van der Waals surface area contributed by atoms with Crippen LogP contribution in [0.3, 0.4) is 0 Å². The van der Waals surface area contributed by atoms with Gasteiger partial charge in [-0.1, -0.05) is 26.0 Å². The zero-order valence-electron chi connectivity index (χ0n) is 10.5. The van der Waals surface area contributed by atoms with Crippen LogP contribution in [0.25, 0.3) is 0 Å². The van der Waals surface area contributed by atoms with E-state index in [1.807, 2.05) is 0 Å². The van der Waals surface area contributed by atoms with Gasteiger partial charge in [0.05, 0.1) is 11.6 Å². The van der Waals surface area contributed by atoms with Crippen LogP contribution in [0.4, 0.5) is 13.2 Å². The number of benzene rings is 1. The largest absolute Gasteiger partial charge is 0.416 e. The molecule has 0 radical (unpaired) electrons. The number of amides is 1. The highest BCUT2D eigenvalue weighted by atomic mass is 19.4. The standard InChI is InChI=1S/C13H16F3NO/c1-8(2)12(18)17-9(3)10-4-6-11(7-5-10)13(14,15)16/h4-9H,1-3H3,(H,17,18)/t9-/m0/s1. The fourth-order valence-electron chi connectivity index (χ4n) is 1.42. The Kier molecular flexibility index (Phi) is 4.38. The van der Waals surface area contributed by atoms with E-state index < -0.39 is 11.7 Å². The van der Waals surface area contributed by atoms with Crippen molar-refractivity contribution in [1.29, 1.82) is 0 Å². The zero-order valence-corrected chi connectivity index (χ0v) is 10.5. The van der Waals surface area contributed by atoms with Gasteiger partial charge in [0.1, 0.15) is 0 Å². The summed E-state index contributed by atoms with van der Waals surface area (Å²) in [7, 11) is 0. The van der Waals surface area contributed by atoms with Crippen LogP contribution in [0, 0.1) is 5.92 Å². The molecule has 1 amide bonds. The number of hydrogen-bond donors (Lipinski definition) is 1. The molecule has 0 unspecified atom stereocenters. The SMILES string of the molecule is CC(C)C(=O)N[C@@H](C)c1ccc(C(F)(F)F)cc1. The van der Waals surface area contributed by atoms with E-state index in [1.165, 1.54) is 12.1 Å². The monoisotopic (exact) mass is 259 g/mol. The van der Waals surface area contributed by atoms with E-state index >= 15 is 0 Å². The molecule has 1 aromatic carbocycles. The Bertz CT molecular complexity index is 409. The van der Waals surface area contributed by atoms with Crippen molar-refractivity contribution in [1.82, 2.24) is 5.32 Å². The minimum Gasteiger partial charge on any atom is -0.349 e. The molecule has 0 bridgehead atoms. The average molecular weight is 259 g/mol. The minimum absolute atomic E-state index is 0.123. The summed E-state index contributed by atoms with van der Waals surface area (Å²) in [6.45, 7) is 5.26. The van der Waals surface area contributed by atoms with Crippen LogP contribution in [-0.2, 0) is 11.0 Å². The first-order valence-corrected chi connectivity index (χ1v) is 5.69. The van der Waals surface area contributed by atoms with Crippen LogP contribution in [0.15, 0.2) is 24.3 Å².